The molecule has 16 nitrogen and oxygen atoms in total. The Morgan fingerprint density at radius 3 is 1.61 bits per heavy atom. The Kier molecular flexibility index (Phi) is 10.2. The number of carbonyl (C=O) groups is 1. The summed E-state index contributed by atoms with van der Waals surface area (Å²) < 4.78 is 62.3. The molecule has 288 valence electrons. The van der Waals surface area contributed by atoms with Crippen molar-refractivity contribution < 1.29 is 32.4 Å². The van der Waals surface area contributed by atoms with Gasteiger partial charge in [-0.15, -0.1) is 20.4 Å². The van der Waals surface area contributed by atoms with Crippen LogP contribution in [0.2, 0.25) is 0 Å². The van der Waals surface area contributed by atoms with E-state index < -0.39 is 41.2 Å². The van der Waals surface area contributed by atoms with Crippen LogP contribution in [0.3, 0.4) is 0 Å². The van der Waals surface area contributed by atoms with Crippen molar-refractivity contribution in [2.45, 2.75) is 39.5 Å². The Morgan fingerprint density at radius 1 is 0.719 bits per heavy atom. The summed E-state index contributed by atoms with van der Waals surface area (Å²) in [7, 11) is 0. The van der Waals surface area contributed by atoms with Crippen molar-refractivity contribution in [3.05, 3.63) is 130 Å². The summed E-state index contributed by atoms with van der Waals surface area (Å²) in [6.07, 6.45) is 1.88. The second-order valence-corrected chi connectivity index (χ2v) is 12.6. The zero-order valence-electron chi connectivity index (χ0n) is 30.3. The van der Waals surface area contributed by atoms with E-state index in [-0.39, 0.29) is 50.3 Å². The summed E-state index contributed by atoms with van der Waals surface area (Å²) >= 11 is 0. The molecule has 0 unspecified atom stereocenters. The molecule has 0 saturated heterocycles. The van der Waals surface area contributed by atoms with E-state index in [4.69, 9.17) is 10.9 Å². The van der Waals surface area contributed by atoms with Crippen molar-refractivity contribution in [2.24, 2.45) is 16.0 Å². The lowest BCUT2D eigenvalue weighted by atomic mass is 9.97. The van der Waals surface area contributed by atoms with Crippen LogP contribution in [0.5, 0.6) is 0 Å². The number of amides is 1. The maximum Gasteiger partial charge on any atom is 0.430 e. The van der Waals surface area contributed by atoms with Gasteiger partial charge in [-0.3, -0.25) is 14.8 Å². The first-order valence-corrected chi connectivity index (χ1v) is 17.0. The monoisotopic (exact) mass is 779 g/mol. The first-order chi connectivity index (χ1) is 27.4. The number of hydrogen-bond donors (Lipinski definition) is 2. The van der Waals surface area contributed by atoms with Gasteiger partial charge < -0.3 is 10.9 Å². The van der Waals surface area contributed by atoms with Gasteiger partial charge in [0.1, 0.15) is 46.1 Å². The molecule has 0 radical (unpaired) electrons. The molecule has 0 aliphatic heterocycles. The fraction of sp³-hybridized carbons (Fsp3) is 0.162. The van der Waals surface area contributed by atoms with E-state index in [1.807, 2.05) is 0 Å². The number of carbonyl (C=O) groups excluding carboxylic acids is 1. The first-order valence-electron chi connectivity index (χ1n) is 17.0. The first kappa shape index (κ1) is 37.8. The highest BCUT2D eigenvalue weighted by Crippen LogP contribution is 2.33. The molecule has 6 aromatic heterocycles. The van der Waals surface area contributed by atoms with Gasteiger partial charge in [-0.1, -0.05) is 24.2 Å². The van der Waals surface area contributed by atoms with E-state index in [2.05, 4.69) is 55.7 Å². The Bertz CT molecular complexity index is 2910. The average molecular weight is 780 g/mol. The molecular formula is C37H29F4N13O3. The van der Waals surface area contributed by atoms with Gasteiger partial charge in [0.25, 0.3) is 0 Å². The molecule has 8 rings (SSSR count). The number of primary amides is 1. The lowest BCUT2D eigenvalue weighted by Crippen LogP contribution is -2.13. The highest BCUT2D eigenvalue weighted by Gasteiger charge is 2.27. The third-order valence-corrected chi connectivity index (χ3v) is 9.04. The molecule has 0 aliphatic rings. The van der Waals surface area contributed by atoms with Crippen molar-refractivity contribution in [3.63, 3.8) is 0 Å². The molecule has 0 spiro atoms. The largest absolute Gasteiger partial charge is 0.430 e. The molecule has 0 aliphatic carbocycles. The van der Waals surface area contributed by atoms with Gasteiger partial charge in [0.2, 0.25) is 0 Å². The Hall–Kier alpha value is -7.51. The van der Waals surface area contributed by atoms with Gasteiger partial charge in [-0.2, -0.15) is 19.2 Å². The van der Waals surface area contributed by atoms with Crippen LogP contribution in [0.1, 0.15) is 73.7 Å². The van der Waals surface area contributed by atoms with Crippen molar-refractivity contribution in [1.29, 1.82) is 0 Å². The molecule has 1 amide bonds. The van der Waals surface area contributed by atoms with Crippen LogP contribution >= 0.6 is 0 Å². The number of nitrogens with zero attached hydrogens (tertiary/aromatic N) is 12. The van der Waals surface area contributed by atoms with E-state index >= 15 is 8.78 Å². The van der Waals surface area contributed by atoms with Gasteiger partial charge in [-0.25, -0.2) is 22.4 Å². The molecular weight excluding hydrogens is 750 g/mol. The summed E-state index contributed by atoms with van der Waals surface area (Å²) in [4.78, 5) is 23.1. The Labute approximate surface area is 318 Å². The third kappa shape index (κ3) is 7.10. The second kappa shape index (κ2) is 15.3. The molecule has 2 atom stereocenters. The maximum atomic E-state index is 15.1. The van der Waals surface area contributed by atoms with Gasteiger partial charge in [0, 0.05) is 58.3 Å². The molecule has 8 aromatic rings. The van der Waals surface area contributed by atoms with E-state index in [0.29, 0.717) is 28.4 Å². The number of oxime groups is 2. The Morgan fingerprint density at radius 2 is 1.18 bits per heavy atom. The maximum absolute atomic E-state index is 15.1. The fourth-order valence-corrected chi connectivity index (χ4v) is 6.13. The zero-order valence-corrected chi connectivity index (χ0v) is 30.3. The van der Waals surface area contributed by atoms with Crippen LogP contribution in [0.15, 0.2) is 83.4 Å². The van der Waals surface area contributed by atoms with E-state index in [1.54, 1.807) is 70.2 Å². The van der Waals surface area contributed by atoms with Gasteiger partial charge in [0.05, 0.1) is 11.0 Å². The number of benzene rings is 2. The molecule has 0 fully saturated rings. The molecule has 0 saturated carbocycles. The highest BCUT2D eigenvalue weighted by atomic mass is 19.1. The van der Waals surface area contributed by atoms with Crippen molar-refractivity contribution >= 4 is 50.6 Å². The number of halogens is 4. The van der Waals surface area contributed by atoms with Gasteiger partial charge in [-0.05, 0) is 62.4 Å². The van der Waals surface area contributed by atoms with Gasteiger partial charge >= 0.3 is 6.09 Å². The van der Waals surface area contributed by atoms with Crippen LogP contribution in [0, 0.1) is 23.3 Å². The predicted molar refractivity (Wildman–Crippen MR) is 197 cm³/mol. The molecule has 57 heavy (non-hydrogen) atoms. The second-order valence-electron chi connectivity index (χ2n) is 12.6. The topological polar surface area (TPSA) is 209 Å². The standard InChI is InChI=1S/C19H15F2N7O2.C18H14F2N6O/c1-9(16-12(20)8-14-11(17(16)21)4-3-7-23-14)18-25-24-15-6-5-13(26-28(15)18)10(2)27-30-19(22)29;1-9(16-12(19)8-14-11(17(16)20)4-3-7-21-14)18-23-22-15-6-5-13(10(2)25-27)24-26(15)18/h3-9H,1-2H3,(H2,22,29);3-9,27H,1-2H3/b27-10+;25-10+/t2*9-/m11/s1. The average Bonchev–Trinajstić information content (AvgIpc) is 3.84. The van der Waals surface area contributed by atoms with Crippen molar-refractivity contribution in [3.8, 4) is 0 Å². The van der Waals surface area contributed by atoms with Crippen LogP contribution in [-0.4, -0.2) is 72.3 Å². The van der Waals surface area contributed by atoms with Crippen LogP contribution < -0.4 is 5.73 Å². The lowest BCUT2D eigenvalue weighted by Gasteiger charge is -2.14. The quantitative estimate of drug-likeness (QED) is 0.0610. The predicted octanol–water partition coefficient (Wildman–Crippen LogP) is 6.22. The normalized spacial score (nSPS) is 13.2. The zero-order chi connectivity index (χ0) is 40.5. The number of aromatic nitrogens is 10. The number of fused-ring (bicyclic) bond motifs is 4. The molecule has 6 heterocycles. The summed E-state index contributed by atoms with van der Waals surface area (Å²) in [6, 6.07) is 15.1. The Balaban J connectivity index is 0.000000175. The van der Waals surface area contributed by atoms with Crippen molar-refractivity contribution in [1.82, 2.24) is 49.6 Å². The fourth-order valence-electron chi connectivity index (χ4n) is 6.13. The number of hydrogen-bond acceptors (Lipinski definition) is 13. The highest BCUT2D eigenvalue weighted by molar-refractivity contribution is 5.97. The minimum absolute atomic E-state index is 0.135. The summed E-state index contributed by atoms with van der Waals surface area (Å²) in [6.45, 7) is 6.37. The van der Waals surface area contributed by atoms with Crippen molar-refractivity contribution in [2.75, 3.05) is 0 Å². The minimum atomic E-state index is -1.06. The molecule has 2 aromatic carbocycles. The van der Waals surface area contributed by atoms with Crippen LogP contribution in [0.25, 0.3) is 33.1 Å². The number of nitrogens with two attached hydrogens (primary N) is 1. The SMILES string of the molecule is C/C(=N\O)c1ccc2nnc([C@H](C)c3c(F)cc4ncccc4c3F)n2n1.C/C(=N\OC(N)=O)c1ccc2nnc([C@H](C)c3c(F)cc4ncccc4c3F)n2n1. The summed E-state index contributed by atoms with van der Waals surface area (Å²) in [5.41, 5.74) is 7.11. The molecule has 0 bridgehead atoms. The van der Waals surface area contributed by atoms with E-state index in [1.165, 1.54) is 39.6 Å². The lowest BCUT2D eigenvalue weighted by molar-refractivity contribution is 0.161. The summed E-state index contributed by atoms with van der Waals surface area (Å²) in [5.74, 6) is -3.96. The smallest absolute Gasteiger partial charge is 0.411 e. The van der Waals surface area contributed by atoms with E-state index in [9.17, 15) is 13.6 Å². The number of rotatable bonds is 7. The van der Waals surface area contributed by atoms with Crippen LogP contribution in [0.4, 0.5) is 22.4 Å². The molecule has 3 N–H and O–H groups in total. The summed E-state index contributed by atoms with van der Waals surface area (Å²) in [5, 5.41) is 40.9. The minimum Gasteiger partial charge on any atom is -0.411 e. The van der Waals surface area contributed by atoms with Gasteiger partial charge in [0.15, 0.2) is 22.9 Å². The van der Waals surface area contributed by atoms with Crippen LogP contribution in [-0.2, 0) is 4.84 Å². The third-order valence-electron chi connectivity index (χ3n) is 9.04. The number of pyridine rings is 2. The molecule has 20 heteroatoms. The van der Waals surface area contributed by atoms with E-state index in [0.717, 1.165) is 0 Å².